The minimum atomic E-state index is -0.149. The average molecular weight is 291 g/mol. The molecule has 2 aliphatic heterocycles. The molecule has 3 unspecified atom stereocenters. The van der Waals surface area contributed by atoms with Gasteiger partial charge in [0.25, 0.3) is 0 Å². The number of likely N-dealkylation sites (N-methyl/N-ethyl adjacent to an activating group) is 1. The van der Waals surface area contributed by atoms with E-state index in [-0.39, 0.29) is 11.9 Å². The first kappa shape index (κ1) is 14.8. The van der Waals surface area contributed by atoms with Gasteiger partial charge in [-0.2, -0.15) is 0 Å². The fourth-order valence-electron chi connectivity index (χ4n) is 3.84. The van der Waals surface area contributed by atoms with E-state index < -0.39 is 0 Å². The molecule has 3 rings (SSSR count). The minimum absolute atomic E-state index is 0.149. The first-order valence-corrected chi connectivity index (χ1v) is 8.03. The van der Waals surface area contributed by atoms with E-state index in [4.69, 9.17) is 0 Å². The molecular formula is C17H26FN3. The second-order valence-electron chi connectivity index (χ2n) is 6.50. The van der Waals surface area contributed by atoms with Gasteiger partial charge < -0.3 is 10.2 Å². The Morgan fingerprint density at radius 3 is 2.76 bits per heavy atom. The monoisotopic (exact) mass is 291 g/mol. The number of hydrogen-bond acceptors (Lipinski definition) is 3. The van der Waals surface area contributed by atoms with Crippen LogP contribution in [-0.4, -0.2) is 44.2 Å². The number of halogens is 1. The highest BCUT2D eigenvalue weighted by Gasteiger charge is 2.35. The molecular weight excluding hydrogens is 265 g/mol. The van der Waals surface area contributed by atoms with Gasteiger partial charge in [-0.25, -0.2) is 4.39 Å². The predicted octanol–water partition coefficient (Wildman–Crippen LogP) is 2.78. The third-order valence-corrected chi connectivity index (χ3v) is 5.38. The van der Waals surface area contributed by atoms with E-state index in [2.05, 4.69) is 29.1 Å². The van der Waals surface area contributed by atoms with Gasteiger partial charge in [-0.05, 0) is 64.0 Å². The zero-order valence-electron chi connectivity index (χ0n) is 13.3. The van der Waals surface area contributed by atoms with E-state index in [1.807, 2.05) is 13.1 Å². The number of benzene rings is 1. The zero-order valence-corrected chi connectivity index (χ0v) is 13.3. The molecule has 2 aliphatic rings. The second kappa shape index (κ2) is 5.93. The van der Waals surface area contributed by atoms with Crippen molar-refractivity contribution in [1.29, 1.82) is 0 Å². The number of nitrogens with one attached hydrogen (secondary N) is 1. The lowest BCUT2D eigenvalue weighted by Gasteiger charge is -2.30. The molecule has 2 fully saturated rings. The van der Waals surface area contributed by atoms with Crippen LogP contribution in [0.3, 0.4) is 0 Å². The summed E-state index contributed by atoms with van der Waals surface area (Å²) in [5.74, 6) is -0.149. The lowest BCUT2D eigenvalue weighted by Crippen LogP contribution is -2.37. The molecule has 0 aromatic heterocycles. The maximum absolute atomic E-state index is 13.6. The summed E-state index contributed by atoms with van der Waals surface area (Å²) in [5.41, 5.74) is 2.26. The number of fused-ring (bicyclic) bond motifs is 2. The summed E-state index contributed by atoms with van der Waals surface area (Å²) in [6.45, 7) is 4.22. The third-order valence-electron chi connectivity index (χ3n) is 5.38. The van der Waals surface area contributed by atoms with E-state index in [0.717, 1.165) is 24.7 Å². The van der Waals surface area contributed by atoms with Crippen LogP contribution in [0.1, 0.15) is 37.8 Å². The van der Waals surface area contributed by atoms with Gasteiger partial charge in [-0.15, -0.1) is 0 Å². The summed E-state index contributed by atoms with van der Waals surface area (Å²) in [4.78, 5) is 5.01. The van der Waals surface area contributed by atoms with Gasteiger partial charge in [0.2, 0.25) is 0 Å². The van der Waals surface area contributed by atoms with Gasteiger partial charge >= 0.3 is 0 Å². The van der Waals surface area contributed by atoms with Crippen LogP contribution >= 0.6 is 0 Å². The molecule has 0 amide bonds. The van der Waals surface area contributed by atoms with Crippen LogP contribution in [0.4, 0.5) is 10.1 Å². The van der Waals surface area contributed by atoms with Crippen LogP contribution < -0.4 is 10.2 Å². The Labute approximate surface area is 127 Å². The molecule has 2 saturated heterocycles. The lowest BCUT2D eigenvalue weighted by atomic mass is 10.0. The summed E-state index contributed by atoms with van der Waals surface area (Å²) in [6, 6.07) is 6.76. The molecule has 3 nitrogen and oxygen atoms in total. The van der Waals surface area contributed by atoms with E-state index in [1.165, 1.54) is 24.9 Å². The first-order chi connectivity index (χ1) is 10.1. The summed E-state index contributed by atoms with van der Waals surface area (Å²) in [6.07, 6.45) is 3.83. The molecule has 2 bridgehead atoms. The van der Waals surface area contributed by atoms with Crippen molar-refractivity contribution in [3.8, 4) is 0 Å². The summed E-state index contributed by atoms with van der Waals surface area (Å²) < 4.78 is 13.6. The molecule has 1 aromatic carbocycles. The Kier molecular flexibility index (Phi) is 4.18. The molecule has 0 radical (unpaired) electrons. The van der Waals surface area contributed by atoms with Crippen molar-refractivity contribution in [2.24, 2.45) is 0 Å². The normalized spacial score (nSPS) is 27.7. The topological polar surface area (TPSA) is 18.5 Å². The van der Waals surface area contributed by atoms with Crippen molar-refractivity contribution in [2.45, 2.75) is 44.3 Å². The average Bonchev–Trinajstić information content (AvgIpc) is 2.72. The highest BCUT2D eigenvalue weighted by Crippen LogP contribution is 2.33. The number of nitrogens with zero attached hydrogens (tertiary/aromatic N) is 2. The molecule has 0 aliphatic carbocycles. The summed E-state index contributed by atoms with van der Waals surface area (Å²) >= 11 is 0. The van der Waals surface area contributed by atoms with E-state index in [9.17, 15) is 4.39 Å². The molecule has 0 spiro atoms. The van der Waals surface area contributed by atoms with E-state index in [0.29, 0.717) is 6.04 Å². The van der Waals surface area contributed by atoms with Crippen molar-refractivity contribution in [2.75, 3.05) is 32.1 Å². The molecule has 4 heteroatoms. The van der Waals surface area contributed by atoms with Crippen LogP contribution in [0.2, 0.25) is 0 Å². The highest BCUT2D eigenvalue weighted by molar-refractivity contribution is 5.55. The van der Waals surface area contributed by atoms with Crippen LogP contribution in [-0.2, 0) is 0 Å². The Bertz CT molecular complexity index is 505. The molecule has 116 valence electrons. The maximum atomic E-state index is 13.6. The molecule has 1 aromatic rings. The van der Waals surface area contributed by atoms with Gasteiger partial charge in [-0.3, -0.25) is 4.90 Å². The fraction of sp³-hybridized carbons (Fsp3) is 0.647. The molecule has 3 atom stereocenters. The Morgan fingerprint density at radius 2 is 2.00 bits per heavy atom. The lowest BCUT2D eigenvalue weighted by molar-refractivity contribution is 0.254. The molecule has 0 saturated carbocycles. The van der Waals surface area contributed by atoms with Crippen LogP contribution in [0.15, 0.2) is 18.2 Å². The van der Waals surface area contributed by atoms with Gasteiger partial charge in [-0.1, -0.05) is 0 Å². The summed E-state index contributed by atoms with van der Waals surface area (Å²) in [7, 11) is 4.19. The summed E-state index contributed by atoms with van der Waals surface area (Å²) in [5, 5.41) is 3.24. The van der Waals surface area contributed by atoms with E-state index in [1.54, 1.807) is 12.1 Å². The number of rotatable bonds is 3. The molecule has 21 heavy (non-hydrogen) atoms. The zero-order chi connectivity index (χ0) is 15.0. The van der Waals surface area contributed by atoms with Crippen molar-refractivity contribution in [3.63, 3.8) is 0 Å². The number of anilines is 1. The molecule has 2 heterocycles. The predicted molar refractivity (Wildman–Crippen MR) is 85.3 cm³/mol. The van der Waals surface area contributed by atoms with Gasteiger partial charge in [0, 0.05) is 36.9 Å². The van der Waals surface area contributed by atoms with Crippen molar-refractivity contribution in [1.82, 2.24) is 10.2 Å². The van der Waals surface area contributed by atoms with Crippen molar-refractivity contribution < 1.29 is 4.39 Å². The first-order valence-electron chi connectivity index (χ1n) is 8.03. The Hall–Kier alpha value is -1.13. The highest BCUT2D eigenvalue weighted by atomic mass is 19.1. The van der Waals surface area contributed by atoms with Crippen molar-refractivity contribution in [3.05, 3.63) is 29.6 Å². The largest absolute Gasteiger partial charge is 0.370 e. The Morgan fingerprint density at radius 1 is 1.24 bits per heavy atom. The van der Waals surface area contributed by atoms with Crippen LogP contribution in [0.5, 0.6) is 0 Å². The quantitative estimate of drug-likeness (QED) is 0.924. The van der Waals surface area contributed by atoms with Gasteiger partial charge in [0.05, 0.1) is 0 Å². The standard InChI is InChI=1S/C17H26FN3/c1-12(19-2)16-10-13(18)4-7-17(16)21-9-8-14-5-6-15(11-21)20(14)3/h4,7,10,12,14-15,19H,5-6,8-9,11H2,1-3H3. The fourth-order valence-corrected chi connectivity index (χ4v) is 3.84. The van der Waals surface area contributed by atoms with Crippen LogP contribution in [0, 0.1) is 5.82 Å². The van der Waals surface area contributed by atoms with Gasteiger partial charge in [0.1, 0.15) is 5.82 Å². The van der Waals surface area contributed by atoms with E-state index >= 15 is 0 Å². The Balaban J connectivity index is 1.89. The minimum Gasteiger partial charge on any atom is -0.370 e. The third kappa shape index (κ3) is 2.79. The van der Waals surface area contributed by atoms with Crippen molar-refractivity contribution >= 4 is 5.69 Å². The maximum Gasteiger partial charge on any atom is 0.123 e. The molecule has 1 N–H and O–H groups in total. The smallest absolute Gasteiger partial charge is 0.123 e. The second-order valence-corrected chi connectivity index (χ2v) is 6.50. The SMILES string of the molecule is CNC(C)c1cc(F)ccc1N1CCC2CCC(C1)N2C. The number of hydrogen-bond donors (Lipinski definition) is 1. The van der Waals surface area contributed by atoms with Crippen LogP contribution in [0.25, 0.3) is 0 Å². The van der Waals surface area contributed by atoms with Gasteiger partial charge in [0.15, 0.2) is 0 Å².